The van der Waals surface area contributed by atoms with Crippen molar-refractivity contribution in [3.63, 3.8) is 0 Å². The van der Waals surface area contributed by atoms with Gasteiger partial charge in [0.1, 0.15) is 0 Å². The second-order valence-electron chi connectivity index (χ2n) is 2.25. The number of nitriles is 1. The molecule has 1 aromatic carbocycles. The third-order valence-electron chi connectivity index (χ3n) is 1.43. The summed E-state index contributed by atoms with van der Waals surface area (Å²) in [5.74, 6) is 0.688. The normalized spacial score (nSPS) is 8.08. The van der Waals surface area contributed by atoms with Gasteiger partial charge in [-0.2, -0.15) is 11.6 Å². The topological polar surface area (TPSA) is 23.8 Å². The molecule has 0 bridgehead atoms. The fourth-order valence-electron chi connectivity index (χ4n) is 0.786. The number of halogens is 1. The molecule has 0 aliphatic heterocycles. The molecule has 0 amide bonds. The molecule has 0 radical (unpaired) electrons. The molecule has 0 atom stereocenters. The van der Waals surface area contributed by atoms with Gasteiger partial charge in [0.2, 0.25) is 0 Å². The van der Waals surface area contributed by atoms with E-state index < -0.39 is 0 Å². The number of hydrogen-bond acceptors (Lipinski definition) is 1. The summed E-state index contributed by atoms with van der Waals surface area (Å²) >= 11 is 5.72. The number of hydrogen-bond donors (Lipinski definition) is 0. The molecule has 0 aliphatic rings. The van der Waals surface area contributed by atoms with E-state index in [0.29, 0.717) is 10.9 Å². The maximum Gasteiger partial charge on any atom is 1.00 e. The summed E-state index contributed by atoms with van der Waals surface area (Å²) in [5.41, 5.74) is 0.889. The number of nitrogens with zero attached hydrogens (tertiary/aromatic N) is 1. The molecule has 0 saturated heterocycles. The van der Waals surface area contributed by atoms with Crippen LogP contribution in [0.5, 0.6) is 0 Å². The molecule has 1 rings (SSSR count). The van der Waals surface area contributed by atoms with Gasteiger partial charge in [-0.25, -0.2) is 5.26 Å². The van der Waals surface area contributed by atoms with Crippen LogP contribution in [0.2, 0.25) is 5.02 Å². The first-order valence-corrected chi connectivity index (χ1v) is 3.61. The van der Waals surface area contributed by atoms with E-state index in [2.05, 4.69) is 6.07 Å². The van der Waals surface area contributed by atoms with Crippen LogP contribution in [0.1, 0.15) is 12.5 Å². The van der Waals surface area contributed by atoms with Gasteiger partial charge in [-0.05, 0) is 5.02 Å². The molecular weight excluding hydrogens is 164 g/mol. The molecule has 0 saturated carbocycles. The largest absolute Gasteiger partial charge is 1.00 e. The molecule has 0 heterocycles. The zero-order valence-corrected chi connectivity index (χ0v) is 7.89. The van der Waals surface area contributed by atoms with Crippen molar-refractivity contribution in [3.05, 3.63) is 40.8 Å². The molecule has 1 aromatic rings. The monoisotopic (exact) mass is 171 g/mol. The van der Waals surface area contributed by atoms with E-state index >= 15 is 0 Å². The van der Waals surface area contributed by atoms with E-state index in [0.717, 1.165) is 5.56 Å². The Balaban J connectivity index is 0.00000121. The molecule has 12 heavy (non-hydrogen) atoms. The third-order valence-corrected chi connectivity index (χ3v) is 1.66. The maximum atomic E-state index is 8.55. The summed E-state index contributed by atoms with van der Waals surface area (Å²) in [5, 5.41) is 9.21. The van der Waals surface area contributed by atoms with E-state index in [1.165, 1.54) is 0 Å². The van der Waals surface area contributed by atoms with Crippen molar-refractivity contribution in [2.75, 3.05) is 0 Å². The Morgan fingerprint density at radius 2 is 2.17 bits per heavy atom. The SMILES string of the molecule is C[C-](C#N)c1cccc(Cl)c1.[Li+]. The van der Waals surface area contributed by atoms with Crippen molar-refractivity contribution in [1.29, 1.82) is 5.26 Å². The van der Waals surface area contributed by atoms with Crippen LogP contribution in [0.4, 0.5) is 0 Å². The molecule has 0 fully saturated rings. The standard InChI is InChI=1S/C9H7ClN.Li/c1-7(6-11)8-3-2-4-9(10)5-8;/h2-5H,1H3;/q-1;+1. The molecule has 0 aliphatic carbocycles. The number of benzene rings is 1. The Labute approximate surface area is 89.5 Å². The molecule has 0 spiro atoms. The van der Waals surface area contributed by atoms with Crippen molar-refractivity contribution in [3.8, 4) is 6.07 Å². The second kappa shape index (κ2) is 5.17. The summed E-state index contributed by atoms with van der Waals surface area (Å²) < 4.78 is 0. The quantitative estimate of drug-likeness (QED) is 0.425. The summed E-state index contributed by atoms with van der Waals surface area (Å²) in [7, 11) is 0. The first kappa shape index (κ1) is 11.5. The Morgan fingerprint density at radius 3 is 2.67 bits per heavy atom. The average Bonchev–Trinajstić information content (AvgIpc) is 2.03. The van der Waals surface area contributed by atoms with Crippen LogP contribution in [0, 0.1) is 17.2 Å². The van der Waals surface area contributed by atoms with Crippen LogP contribution in [0.25, 0.3) is 0 Å². The van der Waals surface area contributed by atoms with Crippen molar-refractivity contribution in [2.45, 2.75) is 6.92 Å². The van der Waals surface area contributed by atoms with Crippen LogP contribution in [0.15, 0.2) is 24.3 Å². The molecule has 0 N–H and O–H groups in total. The minimum atomic E-state index is 0. The third kappa shape index (κ3) is 2.84. The van der Waals surface area contributed by atoms with Crippen LogP contribution in [-0.2, 0) is 0 Å². The van der Waals surface area contributed by atoms with Gasteiger partial charge in [0.05, 0.1) is 0 Å². The minimum absolute atomic E-state index is 0. The van der Waals surface area contributed by atoms with Gasteiger partial charge in [0.15, 0.2) is 0 Å². The van der Waals surface area contributed by atoms with Gasteiger partial charge < -0.3 is 0 Å². The molecule has 3 heteroatoms. The number of rotatable bonds is 1. The van der Waals surface area contributed by atoms with E-state index in [9.17, 15) is 0 Å². The van der Waals surface area contributed by atoms with Gasteiger partial charge in [0, 0.05) is 6.07 Å². The predicted molar refractivity (Wildman–Crippen MR) is 45.1 cm³/mol. The van der Waals surface area contributed by atoms with Crippen molar-refractivity contribution >= 4 is 11.6 Å². The van der Waals surface area contributed by atoms with Gasteiger partial charge in [-0.1, -0.05) is 30.5 Å². The minimum Gasteiger partial charge on any atom is -0.208 e. The first-order valence-electron chi connectivity index (χ1n) is 3.23. The summed E-state index contributed by atoms with van der Waals surface area (Å²) in [6.45, 7) is 1.77. The van der Waals surface area contributed by atoms with Crippen LogP contribution >= 0.6 is 11.6 Å². The Hall–Kier alpha value is -0.533. The zero-order chi connectivity index (χ0) is 8.27. The fourth-order valence-corrected chi connectivity index (χ4v) is 0.977. The molecule has 56 valence electrons. The van der Waals surface area contributed by atoms with Gasteiger partial charge >= 0.3 is 18.9 Å². The Kier molecular flexibility index (Phi) is 4.94. The molecule has 1 nitrogen and oxygen atoms in total. The van der Waals surface area contributed by atoms with Gasteiger partial charge in [-0.15, -0.1) is 12.1 Å². The van der Waals surface area contributed by atoms with Crippen LogP contribution < -0.4 is 18.9 Å². The fraction of sp³-hybridized carbons (Fsp3) is 0.111. The molecule has 0 aromatic heterocycles. The summed E-state index contributed by atoms with van der Waals surface area (Å²) in [6, 6.07) is 9.33. The van der Waals surface area contributed by atoms with Crippen LogP contribution in [0.3, 0.4) is 0 Å². The average molecular weight is 172 g/mol. The predicted octanol–water partition coefficient (Wildman–Crippen LogP) is -0.190. The van der Waals surface area contributed by atoms with Gasteiger partial charge in [-0.3, -0.25) is 0 Å². The van der Waals surface area contributed by atoms with E-state index in [4.69, 9.17) is 16.9 Å². The van der Waals surface area contributed by atoms with Gasteiger partial charge in [0.25, 0.3) is 0 Å². The first-order chi connectivity index (χ1) is 5.24. The summed E-state index contributed by atoms with van der Waals surface area (Å²) in [4.78, 5) is 0. The van der Waals surface area contributed by atoms with E-state index in [1.807, 2.05) is 12.1 Å². The molecule has 0 unspecified atom stereocenters. The molecular formula is C9H7ClLiN. The zero-order valence-electron chi connectivity index (χ0n) is 7.13. The van der Waals surface area contributed by atoms with Crippen molar-refractivity contribution < 1.29 is 18.9 Å². The Morgan fingerprint density at radius 1 is 1.50 bits per heavy atom. The van der Waals surface area contributed by atoms with Crippen molar-refractivity contribution in [1.82, 2.24) is 0 Å². The van der Waals surface area contributed by atoms with E-state index in [-0.39, 0.29) is 18.9 Å². The maximum absolute atomic E-state index is 8.55. The second-order valence-corrected chi connectivity index (χ2v) is 2.68. The van der Waals surface area contributed by atoms with Crippen LogP contribution in [-0.4, -0.2) is 0 Å². The summed E-state index contributed by atoms with van der Waals surface area (Å²) in [6.07, 6.45) is 0. The Bertz CT molecular complexity index is 293. The smallest absolute Gasteiger partial charge is 0.208 e. The van der Waals surface area contributed by atoms with Crippen molar-refractivity contribution in [2.24, 2.45) is 0 Å². The van der Waals surface area contributed by atoms with E-state index in [1.54, 1.807) is 19.1 Å².